The van der Waals surface area contributed by atoms with Crippen molar-refractivity contribution in [1.82, 2.24) is 24.8 Å². The van der Waals surface area contributed by atoms with Crippen molar-refractivity contribution in [2.45, 2.75) is 28.9 Å². The Bertz CT molecular complexity index is 1020. The van der Waals surface area contributed by atoms with Crippen molar-refractivity contribution in [1.29, 1.82) is 0 Å². The zero-order chi connectivity index (χ0) is 18.4. The van der Waals surface area contributed by atoms with Crippen LogP contribution in [0.1, 0.15) is 18.9 Å². The maximum Gasteiger partial charge on any atom is 0.231 e. The summed E-state index contributed by atoms with van der Waals surface area (Å²) in [4.78, 5) is 14.4. The molecule has 3 N–H and O–H groups in total. The monoisotopic (exact) mass is 448 g/mol. The molecule has 2 aliphatic rings. The third kappa shape index (κ3) is 3.01. The maximum atomic E-state index is 6.07. The number of halogens is 1. The molecule has 0 bridgehead atoms. The zero-order valence-corrected chi connectivity index (χ0v) is 16.7. The van der Waals surface area contributed by atoms with E-state index >= 15 is 0 Å². The number of nitrogen functional groups attached to an aromatic ring is 1. The van der Waals surface area contributed by atoms with Crippen molar-refractivity contribution in [3.05, 3.63) is 22.9 Å². The number of hydrogen-bond donors (Lipinski definition) is 2. The quantitative estimate of drug-likeness (QED) is 0.630. The van der Waals surface area contributed by atoms with Crippen LogP contribution in [0.25, 0.3) is 11.2 Å². The second-order valence-corrected chi connectivity index (χ2v) is 8.28. The fourth-order valence-electron chi connectivity index (χ4n) is 3.45. The highest BCUT2D eigenvalue weighted by Crippen LogP contribution is 2.44. The molecule has 0 spiro atoms. The highest BCUT2D eigenvalue weighted by atomic mass is 79.9. The van der Waals surface area contributed by atoms with Gasteiger partial charge >= 0.3 is 0 Å². The normalized spacial score (nSPS) is 16.9. The molecule has 4 heterocycles. The molecule has 10 heteroatoms. The molecule has 0 atom stereocenters. The Hall–Kier alpha value is -2.04. The van der Waals surface area contributed by atoms with Crippen molar-refractivity contribution in [2.24, 2.45) is 0 Å². The van der Waals surface area contributed by atoms with E-state index in [4.69, 9.17) is 20.2 Å². The minimum Gasteiger partial charge on any atom is -0.454 e. The lowest BCUT2D eigenvalue weighted by atomic mass is 10.1. The van der Waals surface area contributed by atoms with Crippen LogP contribution in [0.15, 0.2) is 33.0 Å². The van der Waals surface area contributed by atoms with Crippen molar-refractivity contribution < 1.29 is 9.47 Å². The Morgan fingerprint density at radius 2 is 1.96 bits per heavy atom. The number of fused-ring (bicyclic) bond motifs is 2. The highest BCUT2D eigenvalue weighted by Gasteiger charge is 2.25. The second-order valence-electron chi connectivity index (χ2n) is 6.41. The number of anilines is 1. The number of nitrogens with one attached hydrogen (secondary N) is 1. The van der Waals surface area contributed by atoms with Crippen LogP contribution >= 0.6 is 27.7 Å². The number of nitrogens with zero attached hydrogens (tertiary/aromatic N) is 4. The van der Waals surface area contributed by atoms with Gasteiger partial charge in [-0.25, -0.2) is 15.0 Å². The molecule has 0 unspecified atom stereocenters. The van der Waals surface area contributed by atoms with Crippen LogP contribution in [0, 0.1) is 0 Å². The molecule has 0 saturated carbocycles. The van der Waals surface area contributed by atoms with E-state index in [9.17, 15) is 0 Å². The van der Waals surface area contributed by atoms with Crippen LogP contribution in [0.2, 0.25) is 0 Å². The molecule has 5 rings (SSSR count). The smallest absolute Gasteiger partial charge is 0.231 e. The van der Waals surface area contributed by atoms with Gasteiger partial charge in [0.05, 0.1) is 0 Å². The maximum absolute atomic E-state index is 6.07. The number of hydrogen-bond acceptors (Lipinski definition) is 8. The lowest BCUT2D eigenvalue weighted by Gasteiger charge is -2.25. The number of benzene rings is 1. The Labute approximate surface area is 168 Å². The molecule has 2 aliphatic heterocycles. The van der Waals surface area contributed by atoms with E-state index in [1.165, 1.54) is 6.33 Å². The fraction of sp³-hybridized carbons (Fsp3) is 0.353. The summed E-state index contributed by atoms with van der Waals surface area (Å²) in [6.45, 7) is 2.20. The standard InChI is InChI=1S/C17H17BrN6O2S/c18-10-5-11-12(26-8-25-11)6-13(10)27-17-23-14-15(19)21-7-22-16(14)24(17)9-1-3-20-4-2-9/h5-7,9,20H,1-4,8H2,(H2,19,21,22). The molecule has 8 nitrogen and oxygen atoms in total. The second kappa shape index (κ2) is 6.84. The average Bonchev–Trinajstić information content (AvgIpc) is 3.27. The van der Waals surface area contributed by atoms with Crippen LogP contribution in [-0.2, 0) is 0 Å². The van der Waals surface area contributed by atoms with Gasteiger partial charge in [-0.2, -0.15) is 0 Å². The first-order chi connectivity index (χ1) is 13.2. The summed E-state index contributed by atoms with van der Waals surface area (Å²) >= 11 is 5.19. The number of piperidine rings is 1. The van der Waals surface area contributed by atoms with Gasteiger partial charge in [0, 0.05) is 15.4 Å². The summed E-state index contributed by atoms with van der Waals surface area (Å²) in [7, 11) is 0. The van der Waals surface area contributed by atoms with Crippen LogP contribution in [0.3, 0.4) is 0 Å². The fourth-order valence-corrected chi connectivity index (χ4v) is 5.00. The summed E-state index contributed by atoms with van der Waals surface area (Å²) in [5, 5.41) is 4.26. The van der Waals surface area contributed by atoms with E-state index in [1.807, 2.05) is 12.1 Å². The lowest BCUT2D eigenvalue weighted by molar-refractivity contribution is 0.174. The van der Waals surface area contributed by atoms with Crippen molar-refractivity contribution >= 4 is 44.7 Å². The average molecular weight is 449 g/mol. The molecule has 1 saturated heterocycles. The van der Waals surface area contributed by atoms with E-state index < -0.39 is 0 Å². The Balaban J connectivity index is 1.61. The summed E-state index contributed by atoms with van der Waals surface area (Å²) in [6.07, 6.45) is 3.54. The Kier molecular flexibility index (Phi) is 4.33. The lowest BCUT2D eigenvalue weighted by Crippen LogP contribution is -2.29. The number of imidazole rings is 1. The number of ether oxygens (including phenoxy) is 2. The van der Waals surface area contributed by atoms with Crippen LogP contribution in [0.4, 0.5) is 5.82 Å². The molecule has 140 valence electrons. The molecule has 3 aromatic rings. The summed E-state index contributed by atoms with van der Waals surface area (Å²) in [5.41, 5.74) is 7.51. The van der Waals surface area contributed by atoms with Gasteiger partial charge in [0.25, 0.3) is 0 Å². The summed E-state index contributed by atoms with van der Waals surface area (Å²) in [6, 6.07) is 4.22. The predicted molar refractivity (Wildman–Crippen MR) is 105 cm³/mol. The third-order valence-electron chi connectivity index (χ3n) is 4.78. The molecule has 0 radical (unpaired) electrons. The number of nitrogens with two attached hydrogens (primary N) is 1. The molecule has 0 aliphatic carbocycles. The van der Waals surface area contributed by atoms with Gasteiger partial charge in [0.2, 0.25) is 6.79 Å². The van der Waals surface area contributed by atoms with Crippen LogP contribution in [-0.4, -0.2) is 39.4 Å². The molecule has 27 heavy (non-hydrogen) atoms. The minimum atomic E-state index is 0.246. The van der Waals surface area contributed by atoms with E-state index in [2.05, 4.69) is 35.8 Å². The molecular formula is C17H17BrN6O2S. The van der Waals surface area contributed by atoms with E-state index in [0.29, 0.717) is 17.4 Å². The van der Waals surface area contributed by atoms with Gasteiger partial charge in [-0.1, -0.05) is 11.8 Å². The topological polar surface area (TPSA) is 100 Å². The SMILES string of the molecule is Nc1ncnc2c1nc(Sc1cc3c(cc1Br)OCO3)n2C1CCNCC1. The van der Waals surface area contributed by atoms with Gasteiger partial charge < -0.3 is 20.5 Å². The van der Waals surface area contributed by atoms with Crippen molar-refractivity contribution in [2.75, 3.05) is 25.6 Å². The summed E-state index contributed by atoms with van der Waals surface area (Å²) < 4.78 is 14.1. The first-order valence-corrected chi connectivity index (χ1v) is 10.3. The first-order valence-electron chi connectivity index (χ1n) is 8.67. The van der Waals surface area contributed by atoms with Crippen molar-refractivity contribution in [3.8, 4) is 11.5 Å². The molecule has 2 aromatic heterocycles. The zero-order valence-electron chi connectivity index (χ0n) is 14.3. The highest BCUT2D eigenvalue weighted by molar-refractivity contribution is 9.10. The number of aromatic nitrogens is 4. The molecular weight excluding hydrogens is 432 g/mol. The number of rotatable bonds is 3. The third-order valence-corrected chi connectivity index (χ3v) is 6.72. The van der Waals surface area contributed by atoms with Gasteiger partial charge in [0.1, 0.15) is 6.33 Å². The van der Waals surface area contributed by atoms with E-state index in [-0.39, 0.29) is 6.79 Å². The molecule has 1 aromatic carbocycles. The van der Waals surface area contributed by atoms with Crippen LogP contribution in [0.5, 0.6) is 11.5 Å². The van der Waals surface area contributed by atoms with Crippen LogP contribution < -0.4 is 20.5 Å². The van der Waals surface area contributed by atoms with Gasteiger partial charge in [-0.3, -0.25) is 4.57 Å². The minimum absolute atomic E-state index is 0.246. The Morgan fingerprint density at radius 3 is 2.78 bits per heavy atom. The van der Waals surface area contributed by atoms with Gasteiger partial charge in [0.15, 0.2) is 33.6 Å². The molecule has 0 amide bonds. The summed E-state index contributed by atoms with van der Waals surface area (Å²) in [5.74, 6) is 1.89. The van der Waals surface area contributed by atoms with Crippen molar-refractivity contribution in [3.63, 3.8) is 0 Å². The van der Waals surface area contributed by atoms with E-state index in [0.717, 1.165) is 57.6 Å². The molecule has 1 fully saturated rings. The largest absolute Gasteiger partial charge is 0.454 e. The Morgan fingerprint density at radius 1 is 1.19 bits per heavy atom. The predicted octanol–water partition coefficient (Wildman–Crippen LogP) is 2.98. The first kappa shape index (κ1) is 17.1. The van der Waals surface area contributed by atoms with E-state index in [1.54, 1.807) is 11.8 Å². The van der Waals surface area contributed by atoms with Gasteiger partial charge in [-0.05, 0) is 54.0 Å². The van der Waals surface area contributed by atoms with Gasteiger partial charge in [-0.15, -0.1) is 0 Å².